The molecule has 0 saturated heterocycles. The summed E-state index contributed by atoms with van der Waals surface area (Å²) in [6.45, 7) is 8.03. The van der Waals surface area contributed by atoms with Crippen LogP contribution < -0.4 is 5.32 Å². The first-order chi connectivity index (χ1) is 8.49. The van der Waals surface area contributed by atoms with E-state index in [9.17, 15) is 0 Å². The van der Waals surface area contributed by atoms with Crippen LogP contribution in [0.25, 0.3) is 0 Å². The molecule has 1 rings (SSSR count). The third kappa shape index (κ3) is 4.33. The first-order valence-electron chi connectivity index (χ1n) is 6.36. The van der Waals surface area contributed by atoms with Crippen molar-refractivity contribution in [3.05, 3.63) is 34.9 Å². The Kier molecular flexibility index (Phi) is 5.65. The van der Waals surface area contributed by atoms with Crippen molar-refractivity contribution in [3.63, 3.8) is 0 Å². The molecular weight excluding hydrogens is 244 g/mol. The lowest BCUT2D eigenvalue weighted by atomic mass is 9.84. The van der Waals surface area contributed by atoms with E-state index >= 15 is 0 Å². The van der Waals surface area contributed by atoms with Gasteiger partial charge < -0.3 is 5.32 Å². The Hall–Kier alpha value is -1.04. The number of nitriles is 1. The first kappa shape index (κ1) is 15.0. The average Bonchev–Trinajstić information content (AvgIpc) is 2.35. The van der Waals surface area contributed by atoms with Crippen LogP contribution in [0.5, 0.6) is 0 Å². The number of benzene rings is 1. The number of nitrogens with one attached hydrogen (secondary N) is 1. The van der Waals surface area contributed by atoms with Gasteiger partial charge >= 0.3 is 0 Å². The highest BCUT2D eigenvalue weighted by atomic mass is 35.5. The number of halogens is 1. The van der Waals surface area contributed by atoms with E-state index in [1.165, 1.54) is 5.56 Å². The number of hydrogen-bond acceptors (Lipinski definition) is 2. The van der Waals surface area contributed by atoms with Crippen molar-refractivity contribution in [3.8, 4) is 6.07 Å². The van der Waals surface area contributed by atoms with Crippen molar-refractivity contribution in [1.82, 2.24) is 5.32 Å². The topological polar surface area (TPSA) is 35.8 Å². The zero-order valence-electron chi connectivity index (χ0n) is 11.3. The smallest absolute Gasteiger partial charge is 0.0669 e. The minimum Gasteiger partial charge on any atom is -0.315 e. The van der Waals surface area contributed by atoms with Gasteiger partial charge in [0, 0.05) is 23.5 Å². The zero-order chi connectivity index (χ0) is 13.6. The summed E-state index contributed by atoms with van der Waals surface area (Å²) < 4.78 is 0. The lowest BCUT2D eigenvalue weighted by Gasteiger charge is -2.26. The maximum atomic E-state index is 8.90. The van der Waals surface area contributed by atoms with Crippen molar-refractivity contribution >= 4 is 11.6 Å². The third-order valence-electron chi connectivity index (χ3n) is 3.26. The molecule has 1 N–H and O–H groups in total. The molecule has 2 nitrogen and oxygen atoms in total. The molecule has 18 heavy (non-hydrogen) atoms. The summed E-state index contributed by atoms with van der Waals surface area (Å²) in [7, 11) is 0. The minimum atomic E-state index is 0.0400. The van der Waals surface area contributed by atoms with Gasteiger partial charge in [0.2, 0.25) is 0 Å². The molecule has 0 bridgehead atoms. The second-order valence-electron chi connectivity index (χ2n) is 5.26. The van der Waals surface area contributed by atoms with E-state index in [0.29, 0.717) is 0 Å². The van der Waals surface area contributed by atoms with Gasteiger partial charge in [-0.05, 0) is 24.1 Å². The van der Waals surface area contributed by atoms with Crippen molar-refractivity contribution in [2.75, 3.05) is 13.1 Å². The fourth-order valence-corrected chi connectivity index (χ4v) is 1.97. The Balaban J connectivity index is 2.54. The molecule has 0 aliphatic rings. The molecule has 1 atom stereocenters. The van der Waals surface area contributed by atoms with Gasteiger partial charge in [-0.2, -0.15) is 5.26 Å². The molecule has 0 spiro atoms. The molecule has 1 aromatic rings. The van der Waals surface area contributed by atoms with Crippen LogP contribution in [-0.2, 0) is 5.41 Å². The number of hydrogen-bond donors (Lipinski definition) is 1. The maximum absolute atomic E-state index is 8.90. The largest absolute Gasteiger partial charge is 0.315 e. The van der Waals surface area contributed by atoms with Crippen molar-refractivity contribution < 1.29 is 0 Å². The molecule has 1 aromatic carbocycles. The Labute approximate surface area is 115 Å². The van der Waals surface area contributed by atoms with Crippen LogP contribution >= 0.6 is 11.6 Å². The fraction of sp³-hybridized carbons (Fsp3) is 0.533. The summed E-state index contributed by atoms with van der Waals surface area (Å²) in [4.78, 5) is 0. The number of nitrogens with zero attached hydrogens (tertiary/aromatic N) is 1. The molecule has 0 saturated carbocycles. The summed E-state index contributed by atoms with van der Waals surface area (Å²) in [5.74, 6) is 0.103. The minimum absolute atomic E-state index is 0.0400. The van der Waals surface area contributed by atoms with Gasteiger partial charge in [0.05, 0.1) is 12.0 Å². The van der Waals surface area contributed by atoms with Gasteiger partial charge in [-0.3, -0.25) is 0 Å². The highest BCUT2D eigenvalue weighted by Crippen LogP contribution is 2.23. The van der Waals surface area contributed by atoms with Gasteiger partial charge in [0.15, 0.2) is 0 Å². The van der Waals surface area contributed by atoms with Gasteiger partial charge in [-0.15, -0.1) is 0 Å². The monoisotopic (exact) mass is 264 g/mol. The van der Waals surface area contributed by atoms with E-state index in [1.54, 1.807) is 0 Å². The molecule has 0 amide bonds. The van der Waals surface area contributed by atoms with Crippen LogP contribution in [0, 0.1) is 17.2 Å². The second kappa shape index (κ2) is 6.78. The highest BCUT2D eigenvalue weighted by Gasteiger charge is 2.20. The summed E-state index contributed by atoms with van der Waals surface area (Å²) in [6, 6.07) is 10.3. The predicted octanol–water partition coefficient (Wildman–Crippen LogP) is 3.76. The zero-order valence-corrected chi connectivity index (χ0v) is 12.1. The van der Waals surface area contributed by atoms with E-state index in [1.807, 2.05) is 19.1 Å². The van der Waals surface area contributed by atoms with Crippen molar-refractivity contribution in [2.45, 2.75) is 32.6 Å². The van der Waals surface area contributed by atoms with E-state index in [4.69, 9.17) is 16.9 Å². The normalized spacial score (nSPS) is 13.1. The van der Waals surface area contributed by atoms with Crippen LogP contribution in [0.3, 0.4) is 0 Å². The van der Waals surface area contributed by atoms with Gasteiger partial charge in [0.1, 0.15) is 0 Å². The summed E-state index contributed by atoms with van der Waals surface area (Å²) in [5, 5.41) is 13.0. The molecule has 0 aliphatic heterocycles. The Morgan fingerprint density at radius 1 is 1.33 bits per heavy atom. The van der Waals surface area contributed by atoms with Crippen LogP contribution in [0.4, 0.5) is 0 Å². The molecule has 0 fully saturated rings. The molecule has 1 unspecified atom stereocenters. The summed E-state index contributed by atoms with van der Waals surface area (Å²) >= 11 is 5.89. The van der Waals surface area contributed by atoms with Crippen LogP contribution in [0.1, 0.15) is 32.8 Å². The fourth-order valence-electron chi connectivity index (χ4n) is 1.84. The summed E-state index contributed by atoms with van der Waals surface area (Å²) in [6.07, 6.45) is 0.894. The van der Waals surface area contributed by atoms with Crippen molar-refractivity contribution in [2.24, 2.45) is 5.92 Å². The molecule has 0 aliphatic carbocycles. The van der Waals surface area contributed by atoms with E-state index < -0.39 is 0 Å². The molecule has 3 heteroatoms. The van der Waals surface area contributed by atoms with E-state index in [-0.39, 0.29) is 11.3 Å². The molecule has 0 aromatic heterocycles. The quantitative estimate of drug-likeness (QED) is 0.849. The summed E-state index contributed by atoms with van der Waals surface area (Å²) in [5.41, 5.74) is 1.29. The Morgan fingerprint density at radius 2 is 1.94 bits per heavy atom. The SMILES string of the molecule is CCC(C#N)CNCC(C)(C)c1ccc(Cl)cc1. The van der Waals surface area contributed by atoms with Gasteiger partial charge in [0.25, 0.3) is 0 Å². The maximum Gasteiger partial charge on any atom is 0.0669 e. The van der Waals surface area contributed by atoms with Gasteiger partial charge in [-0.25, -0.2) is 0 Å². The van der Waals surface area contributed by atoms with Gasteiger partial charge in [-0.1, -0.05) is 44.5 Å². The predicted molar refractivity (Wildman–Crippen MR) is 76.7 cm³/mol. The van der Waals surface area contributed by atoms with Crippen LogP contribution in [-0.4, -0.2) is 13.1 Å². The van der Waals surface area contributed by atoms with Crippen LogP contribution in [0.2, 0.25) is 5.02 Å². The van der Waals surface area contributed by atoms with E-state index in [0.717, 1.165) is 24.5 Å². The Morgan fingerprint density at radius 3 is 2.44 bits per heavy atom. The standard InChI is InChI=1S/C15H21ClN2/c1-4-12(9-17)10-18-11-15(2,3)13-5-7-14(16)8-6-13/h5-8,12,18H,4,10-11H2,1-3H3. The first-order valence-corrected chi connectivity index (χ1v) is 6.73. The Bertz CT molecular complexity index is 403. The highest BCUT2D eigenvalue weighted by molar-refractivity contribution is 6.30. The van der Waals surface area contributed by atoms with Crippen molar-refractivity contribution in [1.29, 1.82) is 5.26 Å². The molecular formula is C15H21ClN2. The lowest BCUT2D eigenvalue weighted by molar-refractivity contribution is 0.445. The second-order valence-corrected chi connectivity index (χ2v) is 5.69. The van der Waals surface area contributed by atoms with E-state index in [2.05, 4.69) is 37.4 Å². The van der Waals surface area contributed by atoms with Crippen LogP contribution in [0.15, 0.2) is 24.3 Å². The molecule has 0 radical (unpaired) electrons. The average molecular weight is 265 g/mol. The number of rotatable bonds is 6. The third-order valence-corrected chi connectivity index (χ3v) is 3.51. The molecule has 0 heterocycles. The molecule has 98 valence electrons. The lowest BCUT2D eigenvalue weighted by Crippen LogP contribution is -2.35.